The maximum absolute atomic E-state index is 5.13. The third kappa shape index (κ3) is 3.73. The number of anilines is 1. The average molecular weight is 209 g/mol. The third-order valence-corrected chi connectivity index (χ3v) is 1.99. The fraction of sp³-hybridized carbons (Fsp3) is 0.636. The summed E-state index contributed by atoms with van der Waals surface area (Å²) in [4.78, 5) is 8.68. The number of nitrogens with zero attached hydrogens (tertiary/aromatic N) is 2. The molecule has 0 saturated heterocycles. The highest BCUT2D eigenvalue weighted by Gasteiger charge is 2.03. The van der Waals surface area contributed by atoms with E-state index in [2.05, 4.69) is 29.1 Å². The van der Waals surface area contributed by atoms with E-state index < -0.39 is 0 Å². The molecule has 0 amide bonds. The minimum Gasteiger partial charge on any atom is -0.481 e. The number of nitrogens with one attached hydrogen (secondary N) is 1. The van der Waals surface area contributed by atoms with E-state index >= 15 is 0 Å². The molecule has 0 unspecified atom stereocenters. The highest BCUT2D eigenvalue weighted by Crippen LogP contribution is 2.13. The number of ether oxygens (including phenoxy) is 1. The predicted octanol–water partition coefficient (Wildman–Crippen LogP) is 2.26. The third-order valence-electron chi connectivity index (χ3n) is 1.99. The zero-order chi connectivity index (χ0) is 11.1. The van der Waals surface area contributed by atoms with Gasteiger partial charge in [-0.1, -0.05) is 13.8 Å². The van der Waals surface area contributed by atoms with Gasteiger partial charge in [-0.25, -0.2) is 4.98 Å². The van der Waals surface area contributed by atoms with Gasteiger partial charge < -0.3 is 10.1 Å². The Morgan fingerprint density at radius 2 is 2.07 bits per heavy atom. The molecule has 0 aliphatic carbocycles. The molecule has 4 nitrogen and oxygen atoms in total. The second-order valence-corrected chi connectivity index (χ2v) is 3.39. The minimum absolute atomic E-state index is 0.632. The largest absolute Gasteiger partial charge is 0.481 e. The van der Waals surface area contributed by atoms with Gasteiger partial charge in [-0.2, -0.15) is 4.98 Å². The van der Waals surface area contributed by atoms with Crippen LogP contribution in [0.2, 0.25) is 0 Å². The number of aryl methyl sites for hydroxylation is 1. The first-order valence-electron chi connectivity index (χ1n) is 5.46. The fourth-order valence-corrected chi connectivity index (χ4v) is 1.26. The van der Waals surface area contributed by atoms with Crippen LogP contribution in [0, 0.1) is 0 Å². The van der Waals surface area contributed by atoms with Crippen LogP contribution >= 0.6 is 0 Å². The molecule has 0 radical (unpaired) electrons. The molecular weight excluding hydrogens is 190 g/mol. The molecule has 1 aromatic rings. The quantitative estimate of drug-likeness (QED) is 0.780. The van der Waals surface area contributed by atoms with Crippen molar-refractivity contribution in [3.63, 3.8) is 0 Å². The number of hydrogen-bond acceptors (Lipinski definition) is 4. The molecule has 1 aromatic heterocycles. The van der Waals surface area contributed by atoms with Crippen molar-refractivity contribution in [3.8, 4) is 5.88 Å². The highest BCUT2D eigenvalue weighted by molar-refractivity contribution is 5.38. The standard InChI is InChI=1S/C11H19N3O/c1-4-6-9-13-10(12-7-5-2)8-11(14-9)15-3/h8H,4-7H2,1-3H3,(H,12,13,14). The predicted molar refractivity (Wildman–Crippen MR) is 61.4 cm³/mol. The van der Waals surface area contributed by atoms with E-state index in [0.717, 1.165) is 37.4 Å². The summed E-state index contributed by atoms with van der Waals surface area (Å²) in [5, 5.41) is 3.24. The van der Waals surface area contributed by atoms with E-state index in [1.54, 1.807) is 7.11 Å². The lowest BCUT2D eigenvalue weighted by atomic mass is 10.3. The molecule has 84 valence electrons. The number of hydrogen-bond donors (Lipinski definition) is 1. The lowest BCUT2D eigenvalue weighted by Crippen LogP contribution is -2.06. The van der Waals surface area contributed by atoms with Crippen LogP contribution in [0.3, 0.4) is 0 Å². The zero-order valence-electron chi connectivity index (χ0n) is 9.71. The monoisotopic (exact) mass is 209 g/mol. The number of rotatable bonds is 6. The number of aromatic nitrogens is 2. The van der Waals surface area contributed by atoms with E-state index in [9.17, 15) is 0 Å². The maximum atomic E-state index is 5.13. The summed E-state index contributed by atoms with van der Waals surface area (Å²) in [6, 6.07) is 1.83. The molecular formula is C11H19N3O. The zero-order valence-corrected chi connectivity index (χ0v) is 9.71. The first-order valence-corrected chi connectivity index (χ1v) is 5.46. The van der Waals surface area contributed by atoms with Crippen LogP contribution in [0.15, 0.2) is 6.07 Å². The van der Waals surface area contributed by atoms with Gasteiger partial charge in [0, 0.05) is 19.0 Å². The molecule has 0 aromatic carbocycles. The summed E-state index contributed by atoms with van der Waals surface area (Å²) >= 11 is 0. The first kappa shape index (κ1) is 11.8. The van der Waals surface area contributed by atoms with Crippen LogP contribution in [0.5, 0.6) is 5.88 Å². The molecule has 1 rings (SSSR count). The topological polar surface area (TPSA) is 47.0 Å². The van der Waals surface area contributed by atoms with Crippen LogP contribution in [0.4, 0.5) is 5.82 Å². The van der Waals surface area contributed by atoms with Gasteiger partial charge in [-0.3, -0.25) is 0 Å². The van der Waals surface area contributed by atoms with E-state index in [-0.39, 0.29) is 0 Å². The van der Waals surface area contributed by atoms with E-state index in [0.29, 0.717) is 5.88 Å². The highest BCUT2D eigenvalue weighted by atomic mass is 16.5. The molecule has 15 heavy (non-hydrogen) atoms. The fourth-order valence-electron chi connectivity index (χ4n) is 1.26. The molecule has 0 fully saturated rings. The van der Waals surface area contributed by atoms with Gasteiger partial charge in [0.25, 0.3) is 0 Å². The summed E-state index contributed by atoms with van der Waals surface area (Å²) < 4.78 is 5.13. The Bertz CT molecular complexity index is 302. The van der Waals surface area contributed by atoms with Gasteiger partial charge in [0.15, 0.2) is 0 Å². The van der Waals surface area contributed by atoms with Crippen molar-refractivity contribution in [2.75, 3.05) is 19.0 Å². The Morgan fingerprint density at radius 3 is 2.67 bits per heavy atom. The smallest absolute Gasteiger partial charge is 0.218 e. The van der Waals surface area contributed by atoms with Crippen LogP contribution in [0.25, 0.3) is 0 Å². The maximum Gasteiger partial charge on any atom is 0.218 e. The van der Waals surface area contributed by atoms with Gasteiger partial charge >= 0.3 is 0 Å². The second-order valence-electron chi connectivity index (χ2n) is 3.39. The van der Waals surface area contributed by atoms with Crippen LogP contribution < -0.4 is 10.1 Å². The van der Waals surface area contributed by atoms with Crippen LogP contribution in [-0.2, 0) is 6.42 Å². The Kier molecular flexibility index (Phi) is 4.87. The SMILES string of the molecule is CCCNc1cc(OC)nc(CCC)n1. The van der Waals surface area contributed by atoms with Gasteiger partial charge in [-0.05, 0) is 12.8 Å². The summed E-state index contributed by atoms with van der Waals surface area (Å²) in [7, 11) is 1.63. The molecule has 0 bridgehead atoms. The summed E-state index contributed by atoms with van der Waals surface area (Å²) in [6.45, 7) is 5.16. The molecule has 0 spiro atoms. The molecule has 0 saturated carbocycles. The summed E-state index contributed by atoms with van der Waals surface area (Å²) in [6.07, 6.45) is 3.01. The normalized spacial score (nSPS) is 10.1. The molecule has 1 heterocycles. The van der Waals surface area contributed by atoms with Crippen LogP contribution in [0.1, 0.15) is 32.5 Å². The Hall–Kier alpha value is -1.32. The van der Waals surface area contributed by atoms with Crippen molar-refractivity contribution in [2.45, 2.75) is 33.1 Å². The lowest BCUT2D eigenvalue weighted by Gasteiger charge is -2.07. The lowest BCUT2D eigenvalue weighted by molar-refractivity contribution is 0.395. The van der Waals surface area contributed by atoms with Crippen molar-refractivity contribution in [2.24, 2.45) is 0 Å². The van der Waals surface area contributed by atoms with Crippen molar-refractivity contribution in [1.29, 1.82) is 0 Å². The molecule has 0 atom stereocenters. The van der Waals surface area contributed by atoms with E-state index in [4.69, 9.17) is 4.74 Å². The van der Waals surface area contributed by atoms with Crippen molar-refractivity contribution in [3.05, 3.63) is 11.9 Å². The van der Waals surface area contributed by atoms with Crippen LogP contribution in [-0.4, -0.2) is 23.6 Å². The van der Waals surface area contributed by atoms with Gasteiger partial charge in [0.05, 0.1) is 7.11 Å². The van der Waals surface area contributed by atoms with Crippen molar-refractivity contribution in [1.82, 2.24) is 9.97 Å². The molecule has 0 aliphatic rings. The molecule has 0 aliphatic heterocycles. The second kappa shape index (κ2) is 6.22. The minimum atomic E-state index is 0.632. The van der Waals surface area contributed by atoms with E-state index in [1.807, 2.05) is 6.07 Å². The molecule has 4 heteroatoms. The molecule has 1 N–H and O–H groups in total. The van der Waals surface area contributed by atoms with Gasteiger partial charge in [0.1, 0.15) is 11.6 Å². The van der Waals surface area contributed by atoms with Crippen molar-refractivity contribution >= 4 is 5.82 Å². The van der Waals surface area contributed by atoms with E-state index in [1.165, 1.54) is 0 Å². The Labute approximate surface area is 91.1 Å². The Balaban J connectivity index is 2.79. The van der Waals surface area contributed by atoms with Gasteiger partial charge in [0.2, 0.25) is 5.88 Å². The number of methoxy groups -OCH3 is 1. The Morgan fingerprint density at radius 1 is 1.27 bits per heavy atom. The summed E-state index contributed by atoms with van der Waals surface area (Å²) in [5.41, 5.74) is 0. The van der Waals surface area contributed by atoms with Crippen molar-refractivity contribution < 1.29 is 4.74 Å². The van der Waals surface area contributed by atoms with Gasteiger partial charge in [-0.15, -0.1) is 0 Å². The average Bonchev–Trinajstić information content (AvgIpc) is 2.26. The summed E-state index contributed by atoms with van der Waals surface area (Å²) in [5.74, 6) is 2.33. The first-order chi connectivity index (χ1) is 7.30.